The van der Waals surface area contributed by atoms with Gasteiger partial charge in [0.15, 0.2) is 0 Å². The summed E-state index contributed by atoms with van der Waals surface area (Å²) in [5.41, 5.74) is 0.969. The normalized spacial score (nSPS) is 9.07. The Hall–Kier alpha value is -1.64. The molecule has 2 rings (SSSR count). The third kappa shape index (κ3) is 2.19. The molecule has 2 heterocycles. The Labute approximate surface area is 84.2 Å². The summed E-state index contributed by atoms with van der Waals surface area (Å²) in [5, 5.41) is 4.05. The second kappa shape index (κ2) is 5.17. The maximum absolute atomic E-state index is 4.34. The Morgan fingerprint density at radius 1 is 1.14 bits per heavy atom. The summed E-state index contributed by atoms with van der Waals surface area (Å²) in [5.74, 6) is 0.883. The highest BCUT2D eigenvalue weighted by molar-refractivity contribution is 5.78. The molecule has 0 aliphatic heterocycles. The number of hydrogen-bond donors (Lipinski definition) is 1. The van der Waals surface area contributed by atoms with Crippen LogP contribution in [0.3, 0.4) is 0 Å². The Morgan fingerprint density at radius 2 is 1.93 bits per heavy atom. The average Bonchev–Trinajstić information content (AvgIpc) is 2.31. The lowest BCUT2D eigenvalue weighted by Gasteiger charge is -1.99. The SMILES string of the molecule is CC.CNc1ccc2cnccc2n1. The van der Waals surface area contributed by atoms with Gasteiger partial charge in [-0.2, -0.15) is 0 Å². The van der Waals surface area contributed by atoms with Gasteiger partial charge >= 0.3 is 0 Å². The van der Waals surface area contributed by atoms with Crippen molar-refractivity contribution in [1.29, 1.82) is 0 Å². The molecule has 0 saturated carbocycles. The number of fused-ring (bicyclic) bond motifs is 1. The van der Waals surface area contributed by atoms with Gasteiger partial charge in [0.2, 0.25) is 0 Å². The van der Waals surface area contributed by atoms with Crippen LogP contribution in [0, 0.1) is 0 Å². The summed E-state index contributed by atoms with van der Waals surface area (Å²) in [6.45, 7) is 4.00. The van der Waals surface area contributed by atoms with E-state index in [4.69, 9.17) is 0 Å². The molecule has 0 unspecified atom stereocenters. The van der Waals surface area contributed by atoms with Crippen LogP contribution in [0.25, 0.3) is 10.9 Å². The molecule has 0 atom stereocenters. The van der Waals surface area contributed by atoms with Crippen LogP contribution in [0.4, 0.5) is 5.82 Å². The molecule has 0 aliphatic rings. The summed E-state index contributed by atoms with van der Waals surface area (Å²) >= 11 is 0. The van der Waals surface area contributed by atoms with E-state index in [1.165, 1.54) is 0 Å². The number of nitrogens with one attached hydrogen (secondary N) is 1. The van der Waals surface area contributed by atoms with Crippen molar-refractivity contribution >= 4 is 16.7 Å². The Kier molecular flexibility index (Phi) is 3.85. The fraction of sp³-hybridized carbons (Fsp3) is 0.273. The molecule has 0 saturated heterocycles. The molecule has 0 aromatic carbocycles. The summed E-state index contributed by atoms with van der Waals surface area (Å²) in [4.78, 5) is 8.35. The van der Waals surface area contributed by atoms with E-state index in [-0.39, 0.29) is 0 Å². The van der Waals surface area contributed by atoms with Gasteiger partial charge in [-0.15, -0.1) is 0 Å². The maximum atomic E-state index is 4.34. The second-order valence-corrected chi connectivity index (χ2v) is 2.51. The molecule has 0 aliphatic carbocycles. The Morgan fingerprint density at radius 3 is 2.64 bits per heavy atom. The van der Waals surface area contributed by atoms with Crippen LogP contribution < -0.4 is 5.32 Å². The van der Waals surface area contributed by atoms with Crippen LogP contribution in [-0.2, 0) is 0 Å². The number of anilines is 1. The van der Waals surface area contributed by atoms with E-state index >= 15 is 0 Å². The number of nitrogens with zero attached hydrogens (tertiary/aromatic N) is 2. The van der Waals surface area contributed by atoms with E-state index < -0.39 is 0 Å². The predicted octanol–water partition coefficient (Wildman–Crippen LogP) is 2.70. The first-order valence-electron chi connectivity index (χ1n) is 4.78. The molecule has 74 valence electrons. The van der Waals surface area contributed by atoms with Gasteiger partial charge < -0.3 is 5.32 Å². The van der Waals surface area contributed by atoms with Gasteiger partial charge in [-0.1, -0.05) is 13.8 Å². The van der Waals surface area contributed by atoms with Crippen molar-refractivity contribution in [1.82, 2.24) is 9.97 Å². The summed E-state index contributed by atoms with van der Waals surface area (Å²) in [7, 11) is 1.86. The van der Waals surface area contributed by atoms with Gasteiger partial charge in [0, 0.05) is 24.8 Å². The molecular weight excluding hydrogens is 174 g/mol. The first kappa shape index (κ1) is 10.4. The molecule has 14 heavy (non-hydrogen) atoms. The summed E-state index contributed by atoms with van der Waals surface area (Å²) in [6, 6.07) is 5.83. The fourth-order valence-electron chi connectivity index (χ4n) is 1.10. The highest BCUT2D eigenvalue weighted by Gasteiger charge is 1.94. The van der Waals surface area contributed by atoms with Gasteiger partial charge in [-0.25, -0.2) is 4.98 Å². The quantitative estimate of drug-likeness (QED) is 0.749. The number of rotatable bonds is 1. The zero-order valence-corrected chi connectivity index (χ0v) is 8.78. The molecule has 3 heteroatoms. The fourth-order valence-corrected chi connectivity index (χ4v) is 1.10. The van der Waals surface area contributed by atoms with E-state index in [9.17, 15) is 0 Å². The van der Waals surface area contributed by atoms with E-state index in [0.717, 1.165) is 16.7 Å². The second-order valence-electron chi connectivity index (χ2n) is 2.51. The van der Waals surface area contributed by atoms with Crippen LogP contribution in [0.5, 0.6) is 0 Å². The van der Waals surface area contributed by atoms with Crippen molar-refractivity contribution < 1.29 is 0 Å². The number of hydrogen-bond acceptors (Lipinski definition) is 3. The molecule has 0 fully saturated rings. The standard InChI is InChI=1S/C9H9N3.C2H6/c1-10-9-3-2-7-6-11-5-4-8(7)12-9;1-2/h2-6H,1H3,(H,10,12);1-2H3. The van der Waals surface area contributed by atoms with Crippen LogP contribution in [0.15, 0.2) is 30.6 Å². The van der Waals surface area contributed by atoms with E-state index in [1.54, 1.807) is 6.20 Å². The summed E-state index contributed by atoms with van der Waals surface area (Å²) in [6.07, 6.45) is 3.55. The molecule has 3 nitrogen and oxygen atoms in total. The largest absolute Gasteiger partial charge is 0.373 e. The van der Waals surface area contributed by atoms with Crippen LogP contribution in [-0.4, -0.2) is 17.0 Å². The number of pyridine rings is 2. The molecule has 0 spiro atoms. The van der Waals surface area contributed by atoms with Crippen molar-refractivity contribution in [3.8, 4) is 0 Å². The highest BCUT2D eigenvalue weighted by Crippen LogP contribution is 2.12. The van der Waals surface area contributed by atoms with Gasteiger partial charge in [-0.3, -0.25) is 4.98 Å². The predicted molar refractivity (Wildman–Crippen MR) is 60.4 cm³/mol. The van der Waals surface area contributed by atoms with Crippen molar-refractivity contribution in [3.63, 3.8) is 0 Å². The summed E-state index contributed by atoms with van der Waals surface area (Å²) < 4.78 is 0. The molecule has 0 radical (unpaired) electrons. The van der Waals surface area contributed by atoms with E-state index in [2.05, 4.69) is 15.3 Å². The zero-order valence-electron chi connectivity index (χ0n) is 8.78. The van der Waals surface area contributed by atoms with Crippen LogP contribution in [0.1, 0.15) is 13.8 Å². The third-order valence-electron chi connectivity index (χ3n) is 1.75. The first-order valence-corrected chi connectivity index (χ1v) is 4.78. The first-order chi connectivity index (χ1) is 6.90. The van der Waals surface area contributed by atoms with Crippen molar-refractivity contribution in [2.24, 2.45) is 0 Å². The average molecular weight is 189 g/mol. The topological polar surface area (TPSA) is 37.8 Å². The van der Waals surface area contributed by atoms with Crippen molar-refractivity contribution in [2.45, 2.75) is 13.8 Å². The van der Waals surface area contributed by atoms with Gasteiger partial charge in [-0.05, 0) is 18.2 Å². The molecule has 0 bridgehead atoms. The third-order valence-corrected chi connectivity index (χ3v) is 1.75. The van der Waals surface area contributed by atoms with Gasteiger partial charge in [0.1, 0.15) is 5.82 Å². The maximum Gasteiger partial charge on any atom is 0.126 e. The highest BCUT2D eigenvalue weighted by atomic mass is 15.0. The molecule has 1 N–H and O–H groups in total. The Balaban J connectivity index is 0.000000461. The molecule has 2 aromatic rings. The molecule has 0 amide bonds. The molecular formula is C11H15N3. The smallest absolute Gasteiger partial charge is 0.126 e. The Bertz CT molecular complexity index is 398. The zero-order chi connectivity index (χ0) is 10.4. The minimum absolute atomic E-state index is 0.883. The van der Waals surface area contributed by atoms with Gasteiger partial charge in [0.05, 0.1) is 5.52 Å². The monoisotopic (exact) mass is 189 g/mol. The lowest BCUT2D eigenvalue weighted by atomic mass is 10.3. The van der Waals surface area contributed by atoms with Crippen LogP contribution in [0.2, 0.25) is 0 Å². The lowest BCUT2D eigenvalue weighted by molar-refractivity contribution is 1.30. The minimum Gasteiger partial charge on any atom is -0.373 e. The number of aromatic nitrogens is 2. The van der Waals surface area contributed by atoms with Crippen LogP contribution >= 0.6 is 0 Å². The van der Waals surface area contributed by atoms with Crippen molar-refractivity contribution in [2.75, 3.05) is 12.4 Å². The minimum atomic E-state index is 0.883. The lowest BCUT2D eigenvalue weighted by Crippen LogP contribution is -1.91. The van der Waals surface area contributed by atoms with E-state index in [0.29, 0.717) is 0 Å². The van der Waals surface area contributed by atoms with E-state index in [1.807, 2.05) is 45.3 Å². The van der Waals surface area contributed by atoms with Gasteiger partial charge in [0.25, 0.3) is 0 Å². The molecule has 2 aromatic heterocycles. The van der Waals surface area contributed by atoms with Crippen molar-refractivity contribution in [3.05, 3.63) is 30.6 Å².